The minimum atomic E-state index is -0.851. The number of fused-ring (bicyclic) bond motifs is 2. The van der Waals surface area contributed by atoms with Crippen molar-refractivity contribution in [3.05, 3.63) is 125 Å². The first-order valence-electron chi connectivity index (χ1n) is 28.3. The number of nitrogens with one attached hydrogen (secondary N) is 2. The number of aliphatic carboxylic acids is 2. The van der Waals surface area contributed by atoms with Crippen molar-refractivity contribution in [3.8, 4) is 0 Å². The summed E-state index contributed by atoms with van der Waals surface area (Å²) in [7, 11) is 2.59. The number of esters is 2. The summed E-state index contributed by atoms with van der Waals surface area (Å²) in [6.45, 7) is 12.3. The number of piperazine rings is 1. The summed E-state index contributed by atoms with van der Waals surface area (Å²) in [6.07, 6.45) is 9.20. The van der Waals surface area contributed by atoms with Crippen LogP contribution in [-0.2, 0) is 28.7 Å². The third-order valence-corrected chi connectivity index (χ3v) is 18.8. The maximum atomic E-state index is 13.9. The lowest BCUT2D eigenvalue weighted by Gasteiger charge is -2.38. The van der Waals surface area contributed by atoms with Gasteiger partial charge in [0.05, 0.1) is 48.3 Å². The van der Waals surface area contributed by atoms with E-state index in [1.165, 1.54) is 79.7 Å². The second kappa shape index (κ2) is 30.3. The number of amidine groups is 2. The highest BCUT2D eigenvalue weighted by Crippen LogP contribution is 2.39. The van der Waals surface area contributed by atoms with Crippen molar-refractivity contribution in [2.24, 2.45) is 20.8 Å². The molecule has 2 unspecified atom stereocenters. The number of aromatic nitrogens is 2. The van der Waals surface area contributed by atoms with Crippen molar-refractivity contribution in [2.45, 2.75) is 104 Å². The van der Waals surface area contributed by atoms with Crippen LogP contribution in [0.3, 0.4) is 0 Å². The van der Waals surface area contributed by atoms with Gasteiger partial charge in [-0.25, -0.2) is 37.9 Å². The number of hydrogen-bond donors (Lipinski definition) is 4. The second-order valence-corrected chi connectivity index (χ2v) is 26.0. The molecular weight excluding hydrogens is 1290 g/mol. The number of carbonyl (C=O) groups is 6. The lowest BCUT2D eigenvalue weighted by Crippen LogP contribution is -2.53. The van der Waals surface area contributed by atoms with Crippen LogP contribution in [0, 0.1) is 22.5 Å². The Balaban J connectivity index is 0.000000207. The van der Waals surface area contributed by atoms with Gasteiger partial charge in [-0.1, -0.05) is 58.7 Å². The van der Waals surface area contributed by atoms with Crippen LogP contribution < -0.4 is 10.6 Å². The van der Waals surface area contributed by atoms with Gasteiger partial charge in [0.2, 0.25) is 0 Å². The van der Waals surface area contributed by atoms with Crippen LogP contribution in [-0.4, -0.2) is 183 Å². The van der Waals surface area contributed by atoms with Gasteiger partial charge in [-0.15, -0.1) is 22.7 Å². The Hall–Kier alpha value is -6.58. The minimum Gasteiger partial charge on any atom is -0.481 e. The van der Waals surface area contributed by atoms with Crippen LogP contribution in [0.1, 0.15) is 113 Å². The number of ether oxygens (including phenoxy) is 2. The molecule has 28 heteroatoms. The first-order valence-corrected chi connectivity index (χ1v) is 32.0. The van der Waals surface area contributed by atoms with Gasteiger partial charge in [-0.05, 0) is 96.9 Å². The van der Waals surface area contributed by atoms with Gasteiger partial charge in [0.1, 0.15) is 23.7 Å². The fourth-order valence-electron chi connectivity index (χ4n) is 11.1. The maximum absolute atomic E-state index is 13.9. The van der Waals surface area contributed by atoms with Gasteiger partial charge in [-0.3, -0.25) is 24.5 Å². The average molecular weight is 1360 g/mol. The van der Waals surface area contributed by atoms with Gasteiger partial charge >= 0.3 is 35.9 Å². The number of benzene rings is 2. The smallest absolute Gasteiger partial charge is 0.338 e. The van der Waals surface area contributed by atoms with Crippen LogP contribution in [0.5, 0.6) is 0 Å². The molecule has 4 amide bonds. The molecule has 0 spiro atoms. The van der Waals surface area contributed by atoms with Crippen LogP contribution in [0.2, 0.25) is 10.0 Å². The van der Waals surface area contributed by atoms with Crippen molar-refractivity contribution in [2.75, 3.05) is 78.5 Å². The van der Waals surface area contributed by atoms with Crippen LogP contribution >= 0.6 is 61.8 Å². The molecule has 88 heavy (non-hydrogen) atoms. The molecule has 4 aromatic rings. The van der Waals surface area contributed by atoms with Crippen molar-refractivity contribution < 1.29 is 57.2 Å². The molecule has 8 heterocycles. The van der Waals surface area contributed by atoms with E-state index in [2.05, 4.69) is 46.4 Å². The van der Waals surface area contributed by atoms with Gasteiger partial charge in [0.25, 0.3) is 0 Å². The zero-order valence-corrected chi connectivity index (χ0v) is 53.7. The van der Waals surface area contributed by atoms with Gasteiger partial charge in [0, 0.05) is 120 Å². The fraction of sp³-hybridized carbons (Fsp3) is 0.500. The molecular formula is C60H74BrCl2F2N11O10S2. The number of carbonyl (C=O) groups excluding carboxylic acids is 4. The SMILES string of the molecule is C.CC(C)(CCCN1CC2CCCCN2C1=O)C(=O)O.COC(=O)C1=C(CBr)NC(c2nccs2)=N[C@H]1c1ccc(F)cc1Cl.COC(=O)C1=C(CN2CCN3C(=O)N(CCCC(C)(C)C(=O)O)CC3C2)NC(c2nccs2)=N[C@H]1c1ccc(F)cc1Cl. The number of halogens is 5. The highest BCUT2D eigenvalue weighted by atomic mass is 79.9. The minimum absolute atomic E-state index is 0. The van der Waals surface area contributed by atoms with E-state index < -0.39 is 58.4 Å². The first kappa shape index (κ1) is 68.9. The third kappa shape index (κ3) is 16.2. The predicted molar refractivity (Wildman–Crippen MR) is 337 cm³/mol. The van der Waals surface area contributed by atoms with Crippen molar-refractivity contribution >= 4 is 109 Å². The number of thiazole rings is 2. The van der Waals surface area contributed by atoms with E-state index in [9.17, 15) is 42.7 Å². The summed E-state index contributed by atoms with van der Waals surface area (Å²) in [5, 5.41) is 30.5. The van der Waals surface area contributed by atoms with Crippen molar-refractivity contribution in [1.82, 2.24) is 45.1 Å². The number of nitrogens with zero attached hydrogens (tertiary/aromatic N) is 9. The zero-order chi connectivity index (χ0) is 62.9. The molecule has 2 aromatic carbocycles. The van der Waals surface area contributed by atoms with Gasteiger partial charge < -0.3 is 49.9 Å². The number of hydrogen-bond acceptors (Lipinski definition) is 17. The van der Waals surface area contributed by atoms with E-state index >= 15 is 0 Å². The summed E-state index contributed by atoms with van der Waals surface area (Å²) in [6, 6.07) is 6.87. The monoisotopic (exact) mass is 1360 g/mol. The highest BCUT2D eigenvalue weighted by molar-refractivity contribution is 9.09. The van der Waals surface area contributed by atoms with Crippen LogP contribution in [0.25, 0.3) is 0 Å². The lowest BCUT2D eigenvalue weighted by atomic mass is 9.88. The van der Waals surface area contributed by atoms with Crippen molar-refractivity contribution in [3.63, 3.8) is 0 Å². The second-order valence-electron chi connectivity index (χ2n) is 22.9. The summed E-state index contributed by atoms with van der Waals surface area (Å²) < 4.78 is 37.4. The quantitative estimate of drug-likeness (QED) is 0.0503. The summed E-state index contributed by atoms with van der Waals surface area (Å²) >= 11 is 18.8. The molecule has 6 aliphatic rings. The Labute approximate surface area is 537 Å². The molecule has 4 fully saturated rings. The van der Waals surface area contributed by atoms with E-state index in [4.69, 9.17) is 42.8 Å². The summed E-state index contributed by atoms with van der Waals surface area (Å²) in [4.78, 5) is 101. The average Bonchev–Trinajstić information content (AvgIpc) is 1.31. The Morgan fingerprint density at radius 2 is 1.16 bits per heavy atom. The van der Waals surface area contributed by atoms with Gasteiger partial charge in [-0.2, -0.15) is 0 Å². The molecule has 6 aliphatic heterocycles. The van der Waals surface area contributed by atoms with E-state index in [-0.39, 0.29) is 41.1 Å². The number of allylic oxidation sites excluding steroid dienone is 1. The number of amides is 4. The summed E-state index contributed by atoms with van der Waals surface area (Å²) in [5.74, 6) is -2.71. The number of urea groups is 2. The van der Waals surface area contributed by atoms with Crippen LogP contribution in [0.4, 0.5) is 18.4 Å². The fourth-order valence-corrected chi connectivity index (χ4v) is 13.3. The molecule has 21 nitrogen and oxygen atoms in total. The first-order chi connectivity index (χ1) is 41.4. The topological polar surface area (TPSA) is 252 Å². The highest BCUT2D eigenvalue weighted by Gasteiger charge is 2.43. The molecule has 0 bridgehead atoms. The lowest BCUT2D eigenvalue weighted by molar-refractivity contribution is -0.148. The molecule has 0 saturated carbocycles. The molecule has 0 radical (unpaired) electrons. The Kier molecular flexibility index (Phi) is 23.7. The largest absolute Gasteiger partial charge is 0.481 e. The van der Waals surface area contributed by atoms with E-state index in [1.807, 2.05) is 25.5 Å². The summed E-state index contributed by atoms with van der Waals surface area (Å²) in [5.41, 5.74) is 1.18. The number of alkyl halides is 1. The third-order valence-electron chi connectivity index (χ3n) is 16.1. The zero-order valence-electron chi connectivity index (χ0n) is 49.0. The number of rotatable bonds is 19. The molecule has 476 valence electrons. The number of carboxylic acid groups (broad SMARTS) is 2. The normalized spacial score (nSPS) is 20.3. The molecule has 2 aromatic heterocycles. The van der Waals surface area contributed by atoms with E-state index in [0.717, 1.165) is 32.4 Å². The maximum Gasteiger partial charge on any atom is 0.338 e. The van der Waals surface area contributed by atoms with Gasteiger partial charge in [0.15, 0.2) is 21.7 Å². The number of methoxy groups -OCH3 is 2. The number of carboxylic acids is 2. The van der Waals surface area contributed by atoms with Crippen molar-refractivity contribution in [1.29, 1.82) is 0 Å². The van der Waals surface area contributed by atoms with E-state index in [1.54, 1.807) is 45.0 Å². The predicted octanol–water partition coefficient (Wildman–Crippen LogP) is 10.4. The molecule has 4 saturated heterocycles. The Morgan fingerprint density at radius 3 is 1.59 bits per heavy atom. The standard InChI is InChI=1S/C29H34ClFN6O5S.C16H12BrClFN3O2S.C14H24N2O3.CH4/c1-29(2,27(39)40)7-4-9-36-15-18-14-35(10-11-37(18)28(36)41)16-21-22(26(38)42-3)23(19-6-5-17(31)13-20(19)30)34-24(33-21)25-32-8-12-43-25;1-24-16(23)12-11(7-17)21-14(15-20-4-5-25-15)22-13(12)9-3-2-8(19)6-10(9)18;1-14(2,12(17)18)7-5-8-15-10-11-6-3-4-9-16(11)13(15)19;/h5-6,8,12-13,18,23H,4,7,9-11,14-16H2,1-3H3,(H,33,34)(H,39,40);2-6,13H,7H2,1H3,(H,21,22);11H,3-10H2,1-2H3,(H,17,18);1H4/t18?,23-;13-;;/m00../s1. The number of aliphatic imine (C=N–C) groups is 2. The molecule has 4 N–H and O–H groups in total. The molecule has 4 atom stereocenters. The Morgan fingerprint density at radius 1 is 0.693 bits per heavy atom. The molecule has 10 rings (SSSR count). The van der Waals surface area contributed by atoms with E-state index in [0.29, 0.717) is 126 Å². The van der Waals surface area contributed by atoms with Crippen LogP contribution in [0.15, 0.2) is 92.1 Å². The Bertz CT molecular complexity index is 3330. The molecule has 0 aliphatic carbocycles. The number of piperidine rings is 1.